The highest BCUT2D eigenvalue weighted by Gasteiger charge is 2.34. The van der Waals surface area contributed by atoms with E-state index in [1.165, 1.54) is 23.9 Å². The summed E-state index contributed by atoms with van der Waals surface area (Å²) in [6, 6.07) is 12.4. The van der Waals surface area contributed by atoms with E-state index in [0.717, 1.165) is 28.9 Å². The van der Waals surface area contributed by atoms with Gasteiger partial charge in [-0.05, 0) is 50.1 Å². The molecule has 1 aliphatic rings. The highest BCUT2D eigenvalue weighted by molar-refractivity contribution is 7.99. The molecule has 1 unspecified atom stereocenters. The molecule has 1 heterocycles. The van der Waals surface area contributed by atoms with Gasteiger partial charge in [0.15, 0.2) is 0 Å². The number of benzene rings is 2. The summed E-state index contributed by atoms with van der Waals surface area (Å²) in [5.74, 6) is 1.67. The number of thioether (sulfide) groups is 1. The van der Waals surface area contributed by atoms with Crippen LogP contribution in [-0.2, 0) is 10.5 Å². The van der Waals surface area contributed by atoms with Crippen molar-refractivity contribution in [3.63, 3.8) is 0 Å². The molecule has 0 aliphatic carbocycles. The third-order valence-corrected chi connectivity index (χ3v) is 5.38. The average Bonchev–Trinajstić information content (AvgIpc) is 2.55. The molecule has 0 saturated carbocycles. The van der Waals surface area contributed by atoms with Crippen molar-refractivity contribution in [2.45, 2.75) is 44.6 Å². The van der Waals surface area contributed by atoms with E-state index in [2.05, 4.69) is 5.32 Å². The molecule has 1 amide bonds. The molecule has 2 aromatic rings. The Kier molecular flexibility index (Phi) is 5.56. The fourth-order valence-electron chi connectivity index (χ4n) is 3.17. The van der Waals surface area contributed by atoms with E-state index in [1.807, 2.05) is 39.0 Å². The third-order valence-electron chi connectivity index (χ3n) is 4.38. The summed E-state index contributed by atoms with van der Waals surface area (Å²) < 4.78 is 19.0. The van der Waals surface area contributed by atoms with Crippen LogP contribution in [0.2, 0.25) is 0 Å². The molecule has 1 N–H and O–H groups in total. The molecular weight excluding hydrogens is 349 g/mol. The first-order chi connectivity index (χ1) is 12.3. The normalized spacial score (nSPS) is 17.9. The summed E-state index contributed by atoms with van der Waals surface area (Å²) in [5.41, 5.74) is 2.87. The van der Waals surface area contributed by atoms with Crippen LogP contribution < -0.4 is 10.1 Å². The lowest BCUT2D eigenvalue weighted by Gasteiger charge is -2.38. The highest BCUT2D eigenvalue weighted by atomic mass is 32.2. The van der Waals surface area contributed by atoms with Crippen LogP contribution in [0.25, 0.3) is 0 Å². The quantitative estimate of drug-likeness (QED) is 0.819. The van der Waals surface area contributed by atoms with Crippen LogP contribution >= 0.6 is 11.8 Å². The summed E-state index contributed by atoms with van der Waals surface area (Å²) in [6.45, 7) is 6.12. The van der Waals surface area contributed by atoms with Crippen LogP contribution in [0, 0.1) is 12.7 Å². The molecule has 138 valence electrons. The zero-order chi connectivity index (χ0) is 18.7. The molecular formula is C21H24FNO2S. The Morgan fingerprint density at radius 1 is 1.27 bits per heavy atom. The first kappa shape index (κ1) is 18.8. The first-order valence-corrected chi connectivity index (χ1v) is 9.89. The molecule has 1 aliphatic heterocycles. The van der Waals surface area contributed by atoms with E-state index in [-0.39, 0.29) is 23.4 Å². The molecule has 1 atom stereocenters. The SMILES string of the molecule is Cc1ccc2c(c1)OC(C)(C)CC2NC(=O)CSCc1ccc(F)cc1. The van der Waals surface area contributed by atoms with Crippen LogP contribution in [0.3, 0.4) is 0 Å². The number of carbonyl (C=O) groups is 1. The molecule has 2 aromatic carbocycles. The van der Waals surface area contributed by atoms with Crippen molar-refractivity contribution in [3.05, 3.63) is 65.0 Å². The predicted molar refractivity (Wildman–Crippen MR) is 104 cm³/mol. The second-order valence-corrected chi connectivity index (χ2v) is 8.33. The van der Waals surface area contributed by atoms with Crippen LogP contribution in [0.1, 0.15) is 43.0 Å². The van der Waals surface area contributed by atoms with Crippen molar-refractivity contribution >= 4 is 17.7 Å². The summed E-state index contributed by atoms with van der Waals surface area (Å²) in [4.78, 5) is 12.4. The van der Waals surface area contributed by atoms with Crippen molar-refractivity contribution in [3.8, 4) is 5.75 Å². The molecule has 0 spiro atoms. The summed E-state index contributed by atoms with van der Waals surface area (Å²) in [5, 5.41) is 3.15. The van der Waals surface area contributed by atoms with Gasteiger partial charge in [0, 0.05) is 17.7 Å². The third kappa shape index (κ3) is 4.79. The van der Waals surface area contributed by atoms with Gasteiger partial charge in [0.25, 0.3) is 0 Å². The van der Waals surface area contributed by atoms with Gasteiger partial charge in [0.1, 0.15) is 17.2 Å². The van der Waals surface area contributed by atoms with E-state index in [4.69, 9.17) is 4.74 Å². The largest absolute Gasteiger partial charge is 0.487 e. The number of carbonyl (C=O) groups excluding carboxylic acids is 1. The van der Waals surface area contributed by atoms with Gasteiger partial charge < -0.3 is 10.1 Å². The van der Waals surface area contributed by atoms with E-state index in [1.54, 1.807) is 12.1 Å². The first-order valence-electron chi connectivity index (χ1n) is 8.73. The molecule has 0 bridgehead atoms. The number of halogens is 1. The Morgan fingerprint density at radius 3 is 2.73 bits per heavy atom. The van der Waals surface area contributed by atoms with Crippen LogP contribution in [-0.4, -0.2) is 17.3 Å². The molecule has 0 radical (unpaired) electrons. The van der Waals surface area contributed by atoms with E-state index < -0.39 is 0 Å². The van der Waals surface area contributed by atoms with Crippen molar-refractivity contribution in [2.24, 2.45) is 0 Å². The van der Waals surface area contributed by atoms with Crippen LogP contribution in [0.4, 0.5) is 4.39 Å². The summed E-state index contributed by atoms with van der Waals surface area (Å²) in [7, 11) is 0. The maximum absolute atomic E-state index is 12.9. The Bertz CT molecular complexity index is 789. The topological polar surface area (TPSA) is 38.3 Å². The zero-order valence-corrected chi connectivity index (χ0v) is 16.2. The number of ether oxygens (including phenoxy) is 1. The molecule has 0 fully saturated rings. The van der Waals surface area contributed by atoms with Gasteiger partial charge in [-0.1, -0.05) is 24.3 Å². The van der Waals surface area contributed by atoms with Crippen LogP contribution in [0.15, 0.2) is 42.5 Å². The maximum Gasteiger partial charge on any atom is 0.230 e. The number of rotatable bonds is 5. The Balaban J connectivity index is 1.59. The number of aryl methyl sites for hydroxylation is 1. The lowest BCUT2D eigenvalue weighted by atomic mass is 9.89. The summed E-state index contributed by atoms with van der Waals surface area (Å²) >= 11 is 1.53. The van der Waals surface area contributed by atoms with E-state index in [0.29, 0.717) is 11.5 Å². The Hall–Kier alpha value is -2.01. The standard InChI is InChI=1S/C21H24FNO2S/c1-14-4-9-17-18(11-21(2,3)25-19(17)10-14)23-20(24)13-26-12-15-5-7-16(22)8-6-15/h4-10,18H,11-13H2,1-3H3,(H,23,24). The highest BCUT2D eigenvalue weighted by Crippen LogP contribution is 2.39. The maximum atomic E-state index is 12.9. The lowest BCUT2D eigenvalue weighted by molar-refractivity contribution is -0.119. The Morgan fingerprint density at radius 2 is 2.00 bits per heavy atom. The van der Waals surface area contributed by atoms with Gasteiger partial charge in [-0.25, -0.2) is 4.39 Å². The molecule has 26 heavy (non-hydrogen) atoms. The van der Waals surface area contributed by atoms with Gasteiger partial charge in [0.05, 0.1) is 11.8 Å². The number of hydrogen-bond donors (Lipinski definition) is 1. The monoisotopic (exact) mass is 373 g/mol. The molecule has 3 nitrogen and oxygen atoms in total. The Labute approximate surface area is 158 Å². The number of nitrogens with one attached hydrogen (secondary N) is 1. The van der Waals surface area contributed by atoms with Crippen molar-refractivity contribution < 1.29 is 13.9 Å². The van der Waals surface area contributed by atoms with E-state index >= 15 is 0 Å². The number of hydrogen-bond acceptors (Lipinski definition) is 3. The molecule has 0 aromatic heterocycles. The minimum atomic E-state index is -0.319. The van der Waals surface area contributed by atoms with Gasteiger partial charge in [0.2, 0.25) is 5.91 Å². The average molecular weight is 373 g/mol. The van der Waals surface area contributed by atoms with Crippen molar-refractivity contribution in [2.75, 3.05) is 5.75 Å². The predicted octanol–water partition coefficient (Wildman–Crippen LogP) is 4.79. The smallest absolute Gasteiger partial charge is 0.230 e. The molecule has 3 rings (SSSR count). The van der Waals surface area contributed by atoms with Gasteiger partial charge in [-0.2, -0.15) is 0 Å². The fraction of sp³-hybridized carbons (Fsp3) is 0.381. The zero-order valence-electron chi connectivity index (χ0n) is 15.3. The lowest BCUT2D eigenvalue weighted by Crippen LogP contribution is -2.41. The number of fused-ring (bicyclic) bond motifs is 1. The van der Waals surface area contributed by atoms with Crippen molar-refractivity contribution in [1.82, 2.24) is 5.32 Å². The molecule has 0 saturated heterocycles. The van der Waals surface area contributed by atoms with E-state index in [9.17, 15) is 9.18 Å². The minimum Gasteiger partial charge on any atom is -0.487 e. The minimum absolute atomic E-state index is 0.00587. The van der Waals surface area contributed by atoms with Crippen LogP contribution in [0.5, 0.6) is 5.75 Å². The number of amides is 1. The second kappa shape index (κ2) is 7.70. The molecule has 5 heteroatoms. The second-order valence-electron chi connectivity index (χ2n) is 7.35. The van der Waals surface area contributed by atoms with Crippen molar-refractivity contribution in [1.29, 1.82) is 0 Å². The summed E-state index contributed by atoms with van der Waals surface area (Å²) in [6.07, 6.45) is 0.734. The van der Waals surface area contributed by atoms with Gasteiger partial charge in [-0.3, -0.25) is 4.79 Å². The van der Waals surface area contributed by atoms with Gasteiger partial charge >= 0.3 is 0 Å². The fourth-order valence-corrected chi connectivity index (χ4v) is 3.96. The van der Waals surface area contributed by atoms with Gasteiger partial charge in [-0.15, -0.1) is 11.8 Å².